The molecule has 1 aromatic rings. The summed E-state index contributed by atoms with van der Waals surface area (Å²) in [4.78, 5) is 7.39. The zero-order valence-corrected chi connectivity index (χ0v) is 9.92. The number of nitrogens with one attached hydrogen (secondary N) is 2. The van der Waals surface area contributed by atoms with Crippen molar-refractivity contribution in [2.45, 2.75) is 26.1 Å². The van der Waals surface area contributed by atoms with Gasteiger partial charge in [-0.3, -0.25) is 5.43 Å². The zero-order valence-electron chi connectivity index (χ0n) is 9.92. The number of aromatic nitrogens is 1. The highest BCUT2D eigenvalue weighted by molar-refractivity contribution is 5.93. The number of halogens is 3. The van der Waals surface area contributed by atoms with Crippen LogP contribution in [0.25, 0.3) is 0 Å². The van der Waals surface area contributed by atoms with E-state index < -0.39 is 11.9 Å². The molecule has 0 saturated heterocycles. The average Bonchev–Trinajstić information content (AvgIpc) is 2.27. The largest absolute Gasteiger partial charge is 0.433 e. The molecule has 1 aromatic heterocycles. The number of pyridine rings is 1. The maximum absolute atomic E-state index is 12.3. The van der Waals surface area contributed by atoms with Crippen molar-refractivity contribution in [3.8, 4) is 0 Å². The Morgan fingerprint density at radius 2 is 2.06 bits per heavy atom. The Balaban J connectivity index is 2.80. The first-order valence-electron chi connectivity index (χ1n) is 5.17. The van der Waals surface area contributed by atoms with E-state index in [1.165, 1.54) is 6.07 Å². The Bertz CT molecular complexity index is 411. The van der Waals surface area contributed by atoms with Crippen LogP contribution in [0, 0.1) is 0 Å². The lowest BCUT2D eigenvalue weighted by molar-refractivity contribution is -0.141. The molecule has 8 heteroatoms. The Hall–Kier alpha value is -1.83. The van der Waals surface area contributed by atoms with Gasteiger partial charge in [-0.15, -0.1) is 0 Å². The van der Waals surface area contributed by atoms with Crippen molar-refractivity contribution in [1.29, 1.82) is 0 Å². The van der Waals surface area contributed by atoms with E-state index in [2.05, 4.69) is 20.7 Å². The number of guanidine groups is 1. The molecule has 1 heterocycles. The van der Waals surface area contributed by atoms with Crippen molar-refractivity contribution in [3.63, 3.8) is 0 Å². The molecule has 0 atom stereocenters. The molecule has 0 aliphatic heterocycles. The van der Waals surface area contributed by atoms with Gasteiger partial charge in [0.2, 0.25) is 5.96 Å². The molecular weight excluding hydrogens is 247 g/mol. The number of alkyl halides is 3. The second kappa shape index (κ2) is 5.67. The van der Waals surface area contributed by atoms with Gasteiger partial charge < -0.3 is 5.32 Å². The van der Waals surface area contributed by atoms with Gasteiger partial charge in [0.05, 0.1) is 11.9 Å². The number of rotatable bonds is 2. The molecule has 1 rings (SSSR count). The van der Waals surface area contributed by atoms with Crippen LogP contribution in [-0.4, -0.2) is 17.0 Å². The maximum Gasteiger partial charge on any atom is 0.433 e. The van der Waals surface area contributed by atoms with Crippen LogP contribution < -0.4 is 16.6 Å². The van der Waals surface area contributed by atoms with Crippen LogP contribution in [-0.2, 0) is 6.18 Å². The monoisotopic (exact) mass is 261 g/mol. The lowest BCUT2D eigenvalue weighted by atomic mass is 10.3. The number of nitrogens with two attached hydrogens (primary N) is 1. The van der Waals surface area contributed by atoms with Crippen molar-refractivity contribution in [2.75, 3.05) is 5.32 Å². The van der Waals surface area contributed by atoms with Gasteiger partial charge in [0.1, 0.15) is 5.69 Å². The quantitative estimate of drug-likeness (QED) is 0.328. The fraction of sp³-hybridized carbons (Fsp3) is 0.400. The number of hydrogen-bond donors (Lipinski definition) is 3. The first kappa shape index (κ1) is 14.2. The predicted octanol–water partition coefficient (Wildman–Crippen LogP) is 1.74. The van der Waals surface area contributed by atoms with Crippen LogP contribution in [0.4, 0.5) is 18.9 Å². The van der Waals surface area contributed by atoms with Crippen LogP contribution in [0.3, 0.4) is 0 Å². The van der Waals surface area contributed by atoms with Gasteiger partial charge in [0.15, 0.2) is 0 Å². The minimum atomic E-state index is -4.44. The zero-order chi connectivity index (χ0) is 13.8. The maximum atomic E-state index is 12.3. The van der Waals surface area contributed by atoms with Gasteiger partial charge in [-0.05, 0) is 26.0 Å². The fourth-order valence-electron chi connectivity index (χ4n) is 1.14. The van der Waals surface area contributed by atoms with Gasteiger partial charge in [-0.2, -0.15) is 13.2 Å². The van der Waals surface area contributed by atoms with Crippen molar-refractivity contribution in [2.24, 2.45) is 10.8 Å². The molecule has 0 fully saturated rings. The van der Waals surface area contributed by atoms with E-state index in [9.17, 15) is 13.2 Å². The van der Waals surface area contributed by atoms with E-state index in [0.29, 0.717) is 5.69 Å². The van der Waals surface area contributed by atoms with Crippen molar-refractivity contribution < 1.29 is 13.2 Å². The molecule has 5 nitrogen and oxygen atoms in total. The topological polar surface area (TPSA) is 75.3 Å². The predicted molar refractivity (Wildman–Crippen MR) is 62.8 cm³/mol. The number of hydrogen-bond acceptors (Lipinski definition) is 3. The first-order valence-corrected chi connectivity index (χ1v) is 5.17. The molecule has 0 saturated carbocycles. The third-order valence-corrected chi connectivity index (χ3v) is 1.84. The molecule has 0 amide bonds. The summed E-state index contributed by atoms with van der Waals surface area (Å²) in [5, 5.41) is 2.72. The van der Waals surface area contributed by atoms with E-state index in [1.807, 2.05) is 13.8 Å². The summed E-state index contributed by atoms with van der Waals surface area (Å²) >= 11 is 0. The molecule has 0 spiro atoms. The molecule has 0 aliphatic carbocycles. The lowest BCUT2D eigenvalue weighted by Gasteiger charge is -2.11. The molecule has 100 valence electrons. The van der Waals surface area contributed by atoms with Gasteiger partial charge in [-0.25, -0.2) is 15.8 Å². The van der Waals surface area contributed by atoms with Gasteiger partial charge in [0.25, 0.3) is 0 Å². The van der Waals surface area contributed by atoms with E-state index in [4.69, 9.17) is 5.84 Å². The number of hydrazine groups is 1. The normalized spacial score (nSPS) is 12.7. The van der Waals surface area contributed by atoms with E-state index >= 15 is 0 Å². The third-order valence-electron chi connectivity index (χ3n) is 1.84. The van der Waals surface area contributed by atoms with Gasteiger partial charge >= 0.3 is 6.18 Å². The second-order valence-corrected chi connectivity index (χ2v) is 3.77. The Labute approximate surface area is 102 Å². The van der Waals surface area contributed by atoms with E-state index in [-0.39, 0.29) is 12.0 Å². The molecule has 4 N–H and O–H groups in total. The minimum absolute atomic E-state index is 0.00837. The molecule has 0 bridgehead atoms. The van der Waals surface area contributed by atoms with Crippen LogP contribution in [0.2, 0.25) is 0 Å². The lowest BCUT2D eigenvalue weighted by Crippen LogP contribution is -2.37. The number of nitrogens with zero attached hydrogens (tertiary/aromatic N) is 2. The summed E-state index contributed by atoms with van der Waals surface area (Å²) < 4.78 is 36.8. The fourth-order valence-corrected chi connectivity index (χ4v) is 1.14. The molecule has 18 heavy (non-hydrogen) atoms. The molecule has 0 radical (unpaired) electrons. The summed E-state index contributed by atoms with van der Waals surface area (Å²) in [5.74, 6) is 5.48. The summed E-state index contributed by atoms with van der Waals surface area (Å²) in [6.07, 6.45) is -3.38. The minimum Gasteiger partial charge on any atom is -0.324 e. The van der Waals surface area contributed by atoms with Crippen LogP contribution in [0.1, 0.15) is 19.5 Å². The Kier molecular flexibility index (Phi) is 4.49. The summed E-state index contributed by atoms with van der Waals surface area (Å²) in [6, 6.07) is 2.13. The Morgan fingerprint density at radius 1 is 1.39 bits per heavy atom. The highest BCUT2D eigenvalue weighted by Gasteiger charge is 2.32. The number of aliphatic imine (C=N–C) groups is 1. The van der Waals surface area contributed by atoms with Crippen molar-refractivity contribution in [3.05, 3.63) is 24.0 Å². The highest BCUT2D eigenvalue weighted by atomic mass is 19.4. The molecule has 0 aliphatic rings. The van der Waals surface area contributed by atoms with Crippen LogP contribution >= 0.6 is 0 Å². The molecular formula is C10H14F3N5. The summed E-state index contributed by atoms with van der Waals surface area (Å²) in [6.45, 7) is 3.67. The SMILES string of the molecule is CC(C)N=C(NN)Nc1ccc(C(F)(F)F)nc1. The first-order chi connectivity index (χ1) is 8.32. The average molecular weight is 261 g/mol. The highest BCUT2D eigenvalue weighted by Crippen LogP contribution is 2.27. The third kappa shape index (κ3) is 4.21. The standard InChI is InChI=1S/C10H14F3N5/c1-6(2)16-9(18-14)17-7-3-4-8(15-5-7)10(11,12)13/h3-6H,14H2,1-2H3,(H2,16,17,18). The van der Waals surface area contributed by atoms with Gasteiger partial charge in [-0.1, -0.05) is 0 Å². The van der Waals surface area contributed by atoms with Crippen LogP contribution in [0.15, 0.2) is 23.3 Å². The van der Waals surface area contributed by atoms with Crippen molar-refractivity contribution in [1.82, 2.24) is 10.4 Å². The van der Waals surface area contributed by atoms with Crippen molar-refractivity contribution >= 4 is 11.6 Å². The summed E-state index contributed by atoms with van der Waals surface area (Å²) in [5.41, 5.74) is 1.73. The van der Waals surface area contributed by atoms with E-state index in [0.717, 1.165) is 12.3 Å². The Morgan fingerprint density at radius 3 is 2.44 bits per heavy atom. The van der Waals surface area contributed by atoms with Gasteiger partial charge in [0, 0.05) is 6.04 Å². The van der Waals surface area contributed by atoms with Crippen LogP contribution in [0.5, 0.6) is 0 Å². The summed E-state index contributed by atoms with van der Waals surface area (Å²) in [7, 11) is 0. The number of anilines is 1. The smallest absolute Gasteiger partial charge is 0.324 e. The second-order valence-electron chi connectivity index (χ2n) is 3.77. The molecule has 0 aromatic carbocycles. The molecule has 0 unspecified atom stereocenters. The van der Waals surface area contributed by atoms with E-state index in [1.54, 1.807) is 0 Å².